The predicted molar refractivity (Wildman–Crippen MR) is 111 cm³/mol. The Morgan fingerprint density at radius 3 is 2.67 bits per heavy atom. The summed E-state index contributed by atoms with van der Waals surface area (Å²) in [6, 6.07) is 16.7. The molecule has 2 aromatic heterocycles. The van der Waals surface area contributed by atoms with Gasteiger partial charge in [0, 0.05) is 18.0 Å². The third-order valence-corrected chi connectivity index (χ3v) is 5.19. The summed E-state index contributed by atoms with van der Waals surface area (Å²) in [7, 11) is 1.58. The van der Waals surface area contributed by atoms with Crippen LogP contribution in [-0.2, 0) is 6.54 Å². The number of aryl methyl sites for hydroxylation is 1. The van der Waals surface area contributed by atoms with Crippen LogP contribution >= 0.6 is 0 Å². The minimum Gasteiger partial charge on any atom is -0.497 e. The number of ether oxygens (including phenoxy) is 2. The zero-order chi connectivity index (χ0) is 21.3. The molecule has 150 valence electrons. The summed E-state index contributed by atoms with van der Waals surface area (Å²) in [5, 5.41) is 9.76. The van der Waals surface area contributed by atoms with E-state index in [0.717, 1.165) is 11.3 Å². The SMILES string of the molecule is COc1ccc([C@@H]2C(C#N)=C(N)Oc3cc(C)n(Cc4ccccn4)c(=O)c32)cc1. The number of benzene rings is 1. The fourth-order valence-corrected chi connectivity index (χ4v) is 3.67. The molecule has 3 heterocycles. The van der Waals surface area contributed by atoms with Crippen molar-refractivity contribution in [2.75, 3.05) is 7.11 Å². The van der Waals surface area contributed by atoms with Crippen LogP contribution in [0.1, 0.15) is 28.4 Å². The molecule has 1 atom stereocenters. The zero-order valence-corrected chi connectivity index (χ0v) is 16.6. The van der Waals surface area contributed by atoms with Gasteiger partial charge < -0.3 is 19.8 Å². The number of hydrogen-bond acceptors (Lipinski definition) is 6. The van der Waals surface area contributed by atoms with Crippen LogP contribution in [0.25, 0.3) is 0 Å². The summed E-state index contributed by atoms with van der Waals surface area (Å²) < 4.78 is 12.5. The Morgan fingerprint density at radius 1 is 1.27 bits per heavy atom. The lowest BCUT2D eigenvalue weighted by atomic mass is 9.84. The molecular formula is C23H20N4O3. The summed E-state index contributed by atoms with van der Waals surface area (Å²) in [5.74, 6) is 0.421. The molecule has 7 heteroatoms. The second-order valence-corrected chi connectivity index (χ2v) is 6.97. The molecule has 0 fully saturated rings. The maximum atomic E-state index is 13.6. The first kappa shape index (κ1) is 19.3. The van der Waals surface area contributed by atoms with Gasteiger partial charge in [-0.25, -0.2) is 0 Å². The average molecular weight is 400 g/mol. The van der Waals surface area contributed by atoms with Gasteiger partial charge in [0.15, 0.2) is 0 Å². The molecule has 4 rings (SSSR count). The number of aromatic nitrogens is 2. The van der Waals surface area contributed by atoms with E-state index >= 15 is 0 Å². The highest BCUT2D eigenvalue weighted by atomic mass is 16.5. The number of nitriles is 1. The smallest absolute Gasteiger partial charge is 0.259 e. The summed E-state index contributed by atoms with van der Waals surface area (Å²) in [5.41, 5.74) is 8.62. The average Bonchev–Trinajstić information content (AvgIpc) is 2.76. The van der Waals surface area contributed by atoms with Crippen LogP contribution < -0.4 is 20.8 Å². The predicted octanol–water partition coefficient (Wildman–Crippen LogP) is 2.83. The maximum absolute atomic E-state index is 13.6. The van der Waals surface area contributed by atoms with E-state index in [1.165, 1.54) is 0 Å². The van der Waals surface area contributed by atoms with E-state index in [1.54, 1.807) is 36.1 Å². The molecule has 0 bridgehead atoms. The molecule has 0 radical (unpaired) electrons. The van der Waals surface area contributed by atoms with Gasteiger partial charge in [-0.15, -0.1) is 0 Å². The van der Waals surface area contributed by atoms with Gasteiger partial charge >= 0.3 is 0 Å². The van der Waals surface area contributed by atoms with Gasteiger partial charge in [-0.05, 0) is 36.8 Å². The molecular weight excluding hydrogens is 380 g/mol. The Bertz CT molecular complexity index is 1220. The van der Waals surface area contributed by atoms with Crippen LogP contribution in [0.5, 0.6) is 11.5 Å². The molecule has 2 N–H and O–H groups in total. The van der Waals surface area contributed by atoms with Gasteiger partial charge in [0.25, 0.3) is 5.56 Å². The minimum absolute atomic E-state index is 0.00657. The number of nitrogens with zero attached hydrogens (tertiary/aromatic N) is 3. The second kappa shape index (κ2) is 7.76. The van der Waals surface area contributed by atoms with Gasteiger partial charge in [0.05, 0.1) is 30.8 Å². The molecule has 0 saturated carbocycles. The lowest BCUT2D eigenvalue weighted by molar-refractivity contribution is 0.388. The van der Waals surface area contributed by atoms with Crippen molar-refractivity contribution in [1.82, 2.24) is 9.55 Å². The first-order chi connectivity index (χ1) is 14.5. The van der Waals surface area contributed by atoms with E-state index in [-0.39, 0.29) is 17.0 Å². The van der Waals surface area contributed by atoms with E-state index in [9.17, 15) is 10.1 Å². The van der Waals surface area contributed by atoms with Crippen molar-refractivity contribution in [1.29, 1.82) is 5.26 Å². The molecule has 30 heavy (non-hydrogen) atoms. The van der Waals surface area contributed by atoms with Crippen LogP contribution in [0.4, 0.5) is 0 Å². The number of pyridine rings is 2. The van der Waals surface area contributed by atoms with Gasteiger partial charge in [0.1, 0.15) is 23.1 Å². The van der Waals surface area contributed by atoms with Crippen molar-refractivity contribution in [2.24, 2.45) is 5.73 Å². The topological polar surface area (TPSA) is 103 Å². The molecule has 0 aliphatic carbocycles. The van der Waals surface area contributed by atoms with Crippen molar-refractivity contribution in [3.8, 4) is 17.6 Å². The van der Waals surface area contributed by atoms with Crippen LogP contribution in [0.3, 0.4) is 0 Å². The Hall–Kier alpha value is -4.05. The number of rotatable bonds is 4. The third-order valence-electron chi connectivity index (χ3n) is 5.19. The van der Waals surface area contributed by atoms with Gasteiger partial charge in [-0.3, -0.25) is 9.78 Å². The van der Waals surface area contributed by atoms with E-state index in [1.807, 2.05) is 37.3 Å². The largest absolute Gasteiger partial charge is 0.497 e. The fourth-order valence-electron chi connectivity index (χ4n) is 3.67. The summed E-state index contributed by atoms with van der Waals surface area (Å²) in [6.45, 7) is 2.14. The normalized spacial score (nSPS) is 15.2. The molecule has 0 amide bonds. The third kappa shape index (κ3) is 3.29. The molecule has 0 unspecified atom stereocenters. The van der Waals surface area contributed by atoms with Gasteiger partial charge in [-0.1, -0.05) is 18.2 Å². The van der Waals surface area contributed by atoms with Crippen molar-refractivity contribution >= 4 is 0 Å². The van der Waals surface area contributed by atoms with Crippen molar-refractivity contribution < 1.29 is 9.47 Å². The number of allylic oxidation sites excluding steroid dienone is 1. The van der Waals surface area contributed by atoms with E-state index in [4.69, 9.17) is 15.2 Å². The van der Waals surface area contributed by atoms with Crippen molar-refractivity contribution in [3.05, 3.63) is 99.1 Å². The second-order valence-electron chi connectivity index (χ2n) is 6.97. The fraction of sp³-hybridized carbons (Fsp3) is 0.174. The Morgan fingerprint density at radius 2 is 2.03 bits per heavy atom. The molecule has 1 aliphatic heterocycles. The van der Waals surface area contributed by atoms with E-state index in [2.05, 4.69) is 11.1 Å². The maximum Gasteiger partial charge on any atom is 0.259 e. The van der Waals surface area contributed by atoms with Crippen LogP contribution in [0.15, 0.2) is 71.0 Å². The molecule has 1 aromatic carbocycles. The Balaban J connectivity index is 1.90. The number of hydrogen-bond donors (Lipinski definition) is 1. The van der Waals surface area contributed by atoms with Crippen LogP contribution in [0, 0.1) is 18.3 Å². The highest BCUT2D eigenvalue weighted by Gasteiger charge is 2.34. The van der Waals surface area contributed by atoms with Gasteiger partial charge in [-0.2, -0.15) is 5.26 Å². The molecule has 7 nitrogen and oxygen atoms in total. The molecule has 3 aromatic rings. The highest BCUT2D eigenvalue weighted by Crippen LogP contribution is 2.40. The first-order valence-electron chi connectivity index (χ1n) is 9.39. The van der Waals surface area contributed by atoms with Crippen molar-refractivity contribution in [3.63, 3.8) is 0 Å². The van der Waals surface area contributed by atoms with Crippen molar-refractivity contribution in [2.45, 2.75) is 19.4 Å². The van der Waals surface area contributed by atoms with Crippen LogP contribution in [-0.4, -0.2) is 16.7 Å². The standard InChI is InChI=1S/C23H20N4O3/c1-14-11-19-21(23(28)27(14)13-16-5-3-4-10-26-16)20(18(12-24)22(25)30-19)15-6-8-17(29-2)9-7-15/h3-11,20H,13,25H2,1-2H3/t20-/m1/s1. The summed E-state index contributed by atoms with van der Waals surface area (Å²) >= 11 is 0. The monoisotopic (exact) mass is 400 g/mol. The lowest BCUT2D eigenvalue weighted by Gasteiger charge is -2.27. The molecule has 1 aliphatic rings. The molecule has 0 saturated heterocycles. The highest BCUT2D eigenvalue weighted by molar-refractivity contribution is 5.55. The molecule has 0 spiro atoms. The summed E-state index contributed by atoms with van der Waals surface area (Å²) in [6.07, 6.45) is 1.69. The number of fused-ring (bicyclic) bond motifs is 1. The van der Waals surface area contributed by atoms with E-state index in [0.29, 0.717) is 29.3 Å². The lowest BCUT2D eigenvalue weighted by Crippen LogP contribution is -2.33. The number of methoxy groups -OCH3 is 1. The Labute approximate surface area is 173 Å². The van der Waals surface area contributed by atoms with E-state index < -0.39 is 5.92 Å². The quantitative estimate of drug-likeness (QED) is 0.722. The Kier molecular flexibility index (Phi) is 4.98. The summed E-state index contributed by atoms with van der Waals surface area (Å²) in [4.78, 5) is 17.9. The van der Waals surface area contributed by atoms with Crippen LogP contribution in [0.2, 0.25) is 0 Å². The minimum atomic E-state index is -0.632. The number of nitrogens with two attached hydrogens (primary N) is 1. The zero-order valence-electron chi connectivity index (χ0n) is 16.6. The first-order valence-corrected chi connectivity index (χ1v) is 9.39. The van der Waals surface area contributed by atoms with Gasteiger partial charge in [0.2, 0.25) is 5.88 Å².